The van der Waals surface area contributed by atoms with Gasteiger partial charge in [0.1, 0.15) is 5.69 Å². The number of benzene rings is 1. The summed E-state index contributed by atoms with van der Waals surface area (Å²) in [4.78, 5) is 14.6. The van der Waals surface area contributed by atoms with Crippen molar-refractivity contribution in [2.75, 3.05) is 19.5 Å². The summed E-state index contributed by atoms with van der Waals surface area (Å²) in [6.07, 6.45) is 0. The Morgan fingerprint density at radius 3 is 2.88 bits per heavy atom. The van der Waals surface area contributed by atoms with E-state index >= 15 is 0 Å². The molecule has 0 spiro atoms. The van der Waals surface area contributed by atoms with Crippen molar-refractivity contribution in [3.05, 3.63) is 27.8 Å². The molecule has 1 N–H and O–H groups in total. The van der Waals surface area contributed by atoms with E-state index in [4.69, 9.17) is 0 Å². The van der Waals surface area contributed by atoms with Crippen LogP contribution in [0.4, 0.5) is 11.4 Å². The number of rotatable bonds is 3. The van der Waals surface area contributed by atoms with Gasteiger partial charge in [0, 0.05) is 14.1 Å². The minimum atomic E-state index is -0.409. The third-order valence-corrected chi connectivity index (χ3v) is 2.80. The van der Waals surface area contributed by atoms with E-state index in [0.717, 1.165) is 4.70 Å². The SMILES string of the molecule is CN(C)Nc1ccc2scnc2c1[N+](=O)[O-]. The number of hydrogen-bond donors (Lipinski definition) is 1. The van der Waals surface area contributed by atoms with Crippen LogP contribution in [-0.4, -0.2) is 29.0 Å². The molecular formula is C9H10N4O2S. The molecule has 0 amide bonds. The first-order valence-electron chi connectivity index (χ1n) is 4.54. The fourth-order valence-electron chi connectivity index (χ4n) is 1.43. The second-order valence-corrected chi connectivity index (χ2v) is 4.31. The average Bonchev–Trinajstić information content (AvgIpc) is 2.63. The van der Waals surface area contributed by atoms with E-state index in [1.807, 2.05) is 6.07 Å². The lowest BCUT2D eigenvalue weighted by Gasteiger charge is -2.13. The summed E-state index contributed by atoms with van der Waals surface area (Å²) in [7, 11) is 3.55. The fraction of sp³-hybridized carbons (Fsp3) is 0.222. The van der Waals surface area contributed by atoms with E-state index in [1.54, 1.807) is 30.7 Å². The number of nitro benzene ring substituents is 1. The molecule has 0 radical (unpaired) electrons. The number of nitrogens with zero attached hydrogens (tertiary/aromatic N) is 3. The molecule has 0 atom stereocenters. The van der Waals surface area contributed by atoms with Crippen LogP contribution in [0.2, 0.25) is 0 Å². The molecule has 0 fully saturated rings. The molecule has 0 aliphatic carbocycles. The molecule has 16 heavy (non-hydrogen) atoms. The lowest BCUT2D eigenvalue weighted by Crippen LogP contribution is -2.20. The molecule has 1 aromatic heterocycles. The zero-order valence-corrected chi connectivity index (χ0v) is 9.61. The van der Waals surface area contributed by atoms with Crippen LogP contribution < -0.4 is 5.43 Å². The molecule has 2 rings (SSSR count). The number of hydrazine groups is 1. The van der Waals surface area contributed by atoms with Crippen LogP contribution in [0.15, 0.2) is 17.6 Å². The molecule has 0 bridgehead atoms. The van der Waals surface area contributed by atoms with Gasteiger partial charge < -0.3 is 5.43 Å². The van der Waals surface area contributed by atoms with E-state index in [-0.39, 0.29) is 5.69 Å². The summed E-state index contributed by atoms with van der Waals surface area (Å²) < 4.78 is 0.816. The van der Waals surface area contributed by atoms with Crippen LogP contribution in [0, 0.1) is 10.1 Å². The number of hydrogen-bond acceptors (Lipinski definition) is 6. The van der Waals surface area contributed by atoms with Crippen LogP contribution in [0.5, 0.6) is 0 Å². The summed E-state index contributed by atoms with van der Waals surface area (Å²) in [5.41, 5.74) is 5.41. The minimum Gasteiger partial charge on any atom is -0.313 e. The number of nitro groups is 1. The van der Waals surface area contributed by atoms with Crippen molar-refractivity contribution in [3.63, 3.8) is 0 Å². The summed E-state index contributed by atoms with van der Waals surface area (Å²) in [5, 5.41) is 12.7. The zero-order chi connectivity index (χ0) is 11.7. The highest BCUT2D eigenvalue weighted by Gasteiger charge is 2.20. The molecule has 2 aromatic rings. The third kappa shape index (κ3) is 1.82. The molecule has 0 saturated heterocycles. The quantitative estimate of drug-likeness (QED) is 0.654. The average molecular weight is 238 g/mol. The van der Waals surface area contributed by atoms with Crippen molar-refractivity contribution in [2.24, 2.45) is 0 Å². The Labute approximate surface area is 95.6 Å². The second kappa shape index (κ2) is 4.03. The molecule has 1 heterocycles. The Kier molecular flexibility index (Phi) is 2.71. The van der Waals surface area contributed by atoms with Crippen LogP contribution in [-0.2, 0) is 0 Å². The summed E-state index contributed by atoms with van der Waals surface area (Å²) in [6, 6.07) is 3.52. The van der Waals surface area contributed by atoms with Gasteiger partial charge in [0.25, 0.3) is 0 Å². The molecule has 84 valence electrons. The predicted molar refractivity (Wildman–Crippen MR) is 63.6 cm³/mol. The number of aromatic nitrogens is 1. The molecule has 6 nitrogen and oxygen atoms in total. The highest BCUT2D eigenvalue weighted by Crippen LogP contribution is 2.34. The summed E-state index contributed by atoms with van der Waals surface area (Å²) in [6.45, 7) is 0. The standard InChI is InChI=1S/C9H10N4O2S/c1-12(2)11-6-3-4-7-8(10-5-16-7)9(6)13(14)15/h3-5,11H,1-2H3. The molecule has 7 heteroatoms. The first-order valence-corrected chi connectivity index (χ1v) is 5.42. The fourth-order valence-corrected chi connectivity index (χ4v) is 2.11. The van der Waals surface area contributed by atoms with Crippen LogP contribution in [0.1, 0.15) is 0 Å². The number of anilines is 1. The Morgan fingerprint density at radius 1 is 1.50 bits per heavy atom. The molecule has 1 aromatic carbocycles. The topological polar surface area (TPSA) is 71.3 Å². The number of fused-ring (bicyclic) bond motifs is 1. The van der Waals surface area contributed by atoms with E-state index in [1.165, 1.54) is 11.3 Å². The van der Waals surface area contributed by atoms with Gasteiger partial charge in [-0.3, -0.25) is 10.1 Å². The predicted octanol–water partition coefficient (Wildman–Crippen LogP) is 2.09. The van der Waals surface area contributed by atoms with Gasteiger partial charge in [-0.25, -0.2) is 9.99 Å². The number of nitrogens with one attached hydrogen (secondary N) is 1. The lowest BCUT2D eigenvalue weighted by atomic mass is 10.2. The normalized spacial score (nSPS) is 10.9. The highest BCUT2D eigenvalue weighted by atomic mass is 32.1. The maximum absolute atomic E-state index is 11.0. The van der Waals surface area contributed by atoms with Gasteiger partial charge in [-0.2, -0.15) is 0 Å². The van der Waals surface area contributed by atoms with Crippen LogP contribution >= 0.6 is 11.3 Å². The highest BCUT2D eigenvalue weighted by molar-refractivity contribution is 7.16. The Morgan fingerprint density at radius 2 is 2.25 bits per heavy atom. The summed E-state index contributed by atoms with van der Waals surface area (Å²) >= 11 is 1.39. The van der Waals surface area contributed by atoms with Gasteiger partial charge in [-0.15, -0.1) is 11.3 Å². The Hall–Kier alpha value is -1.73. The van der Waals surface area contributed by atoms with Crippen molar-refractivity contribution in [2.45, 2.75) is 0 Å². The van der Waals surface area contributed by atoms with Crippen molar-refractivity contribution >= 4 is 32.9 Å². The molecule has 0 aliphatic heterocycles. The van der Waals surface area contributed by atoms with Crippen molar-refractivity contribution in [1.29, 1.82) is 0 Å². The zero-order valence-electron chi connectivity index (χ0n) is 8.80. The third-order valence-electron chi connectivity index (χ3n) is 2.00. The Balaban J connectivity index is 2.63. The van der Waals surface area contributed by atoms with Crippen molar-refractivity contribution < 1.29 is 4.92 Å². The van der Waals surface area contributed by atoms with Crippen molar-refractivity contribution in [3.8, 4) is 0 Å². The summed E-state index contributed by atoms with van der Waals surface area (Å²) in [5.74, 6) is 0. The minimum absolute atomic E-state index is 0.0208. The smallest absolute Gasteiger partial charge is 0.313 e. The second-order valence-electron chi connectivity index (χ2n) is 3.42. The largest absolute Gasteiger partial charge is 0.320 e. The van der Waals surface area contributed by atoms with E-state index in [0.29, 0.717) is 11.2 Å². The molecule has 0 aliphatic rings. The van der Waals surface area contributed by atoms with Crippen LogP contribution in [0.25, 0.3) is 10.2 Å². The first kappa shape index (κ1) is 10.8. The molecule has 0 unspecified atom stereocenters. The van der Waals surface area contributed by atoms with E-state index in [9.17, 15) is 10.1 Å². The van der Waals surface area contributed by atoms with E-state index < -0.39 is 4.92 Å². The Bertz CT molecular complexity index is 537. The lowest BCUT2D eigenvalue weighted by molar-refractivity contribution is -0.382. The van der Waals surface area contributed by atoms with Gasteiger partial charge in [-0.1, -0.05) is 0 Å². The van der Waals surface area contributed by atoms with Gasteiger partial charge in [-0.05, 0) is 12.1 Å². The van der Waals surface area contributed by atoms with Gasteiger partial charge in [0.05, 0.1) is 15.1 Å². The van der Waals surface area contributed by atoms with Gasteiger partial charge >= 0.3 is 5.69 Å². The van der Waals surface area contributed by atoms with E-state index in [2.05, 4.69) is 10.4 Å². The maximum Gasteiger partial charge on any atom is 0.320 e. The molecule has 0 saturated carbocycles. The maximum atomic E-state index is 11.0. The van der Waals surface area contributed by atoms with Gasteiger partial charge in [0.15, 0.2) is 5.52 Å². The monoisotopic (exact) mass is 238 g/mol. The molecular weight excluding hydrogens is 228 g/mol. The number of thiazole rings is 1. The van der Waals surface area contributed by atoms with Gasteiger partial charge in [0.2, 0.25) is 0 Å². The first-order chi connectivity index (χ1) is 7.59. The van der Waals surface area contributed by atoms with Crippen molar-refractivity contribution in [1.82, 2.24) is 9.99 Å². The van der Waals surface area contributed by atoms with Crippen LogP contribution in [0.3, 0.4) is 0 Å².